The molecule has 8 heteroatoms. The molecule has 0 atom stereocenters. The van der Waals surface area contributed by atoms with Gasteiger partial charge < -0.3 is 9.80 Å². The number of imide groups is 1. The van der Waals surface area contributed by atoms with E-state index in [1.54, 1.807) is 22.2 Å². The van der Waals surface area contributed by atoms with Crippen molar-refractivity contribution in [3.8, 4) is 0 Å². The van der Waals surface area contributed by atoms with Crippen LogP contribution in [0.1, 0.15) is 68.6 Å². The molecule has 0 N–H and O–H groups in total. The Morgan fingerprint density at radius 2 is 1.79 bits per heavy atom. The molecule has 4 amide bonds. The van der Waals surface area contributed by atoms with Gasteiger partial charge in [0.05, 0.1) is 5.56 Å². The summed E-state index contributed by atoms with van der Waals surface area (Å²) in [5.41, 5.74) is -0.339. The molecular weight excluding hydrogens is 370 g/mol. The highest BCUT2D eigenvalue weighted by Crippen LogP contribution is 2.39. The number of carbonyl (C=O) groups is 3. The van der Waals surface area contributed by atoms with Crippen LogP contribution < -0.4 is 0 Å². The van der Waals surface area contributed by atoms with Crippen LogP contribution >= 0.6 is 0 Å². The largest absolute Gasteiger partial charge is 0.338 e. The molecule has 4 rings (SSSR count). The van der Waals surface area contributed by atoms with Gasteiger partial charge in [-0.05, 0) is 38.5 Å². The van der Waals surface area contributed by atoms with Crippen LogP contribution in [-0.4, -0.2) is 74.2 Å². The number of hydrogen-bond donors (Lipinski definition) is 0. The quantitative estimate of drug-likeness (QED) is 0.709. The molecule has 1 spiro atoms. The molecule has 8 nitrogen and oxygen atoms in total. The summed E-state index contributed by atoms with van der Waals surface area (Å²) in [6, 6.07) is -0.199. The van der Waals surface area contributed by atoms with Crippen LogP contribution in [-0.2, 0) is 4.79 Å². The molecule has 156 valence electrons. The van der Waals surface area contributed by atoms with Gasteiger partial charge >= 0.3 is 6.03 Å². The number of nitrogens with zero attached hydrogens (tertiary/aromatic N) is 5. The van der Waals surface area contributed by atoms with Gasteiger partial charge in [-0.25, -0.2) is 14.8 Å². The SMILES string of the molecule is CCN1C(=O)N(CC(C)C)C2(CCN(C(=O)c3cnc(C4CC4)nc3)CC2)C1=O. The zero-order valence-electron chi connectivity index (χ0n) is 17.4. The number of carbonyl (C=O) groups excluding carboxylic acids is 3. The van der Waals surface area contributed by atoms with Crippen molar-refractivity contribution in [1.29, 1.82) is 0 Å². The first-order chi connectivity index (χ1) is 13.9. The number of amides is 4. The molecule has 2 saturated heterocycles. The van der Waals surface area contributed by atoms with Crippen LogP contribution in [0.4, 0.5) is 4.79 Å². The third-order valence-corrected chi connectivity index (χ3v) is 6.22. The second-order valence-electron chi connectivity index (χ2n) is 8.76. The van der Waals surface area contributed by atoms with Gasteiger partial charge in [0.15, 0.2) is 0 Å². The summed E-state index contributed by atoms with van der Waals surface area (Å²) in [7, 11) is 0. The molecule has 0 radical (unpaired) electrons. The second kappa shape index (κ2) is 7.39. The van der Waals surface area contributed by atoms with Crippen LogP contribution in [0.2, 0.25) is 0 Å². The fourth-order valence-corrected chi connectivity index (χ4v) is 4.43. The third kappa shape index (κ3) is 3.38. The average molecular weight is 399 g/mol. The Balaban J connectivity index is 1.48. The standard InChI is InChI=1S/C21H29N5O3/c1-4-25-19(28)21(26(20(25)29)13-14(2)3)7-9-24(10-8-21)18(27)16-11-22-17(23-12-16)15-5-6-15/h11-12,14-15H,4-10,13H2,1-3H3. The second-order valence-corrected chi connectivity index (χ2v) is 8.76. The molecule has 29 heavy (non-hydrogen) atoms. The Morgan fingerprint density at radius 3 is 2.31 bits per heavy atom. The van der Waals surface area contributed by atoms with Gasteiger partial charge in [-0.1, -0.05) is 13.8 Å². The Hall–Kier alpha value is -2.51. The topological polar surface area (TPSA) is 86.7 Å². The highest BCUT2D eigenvalue weighted by Gasteiger charge is 2.57. The Labute approximate surface area is 171 Å². The maximum absolute atomic E-state index is 13.1. The van der Waals surface area contributed by atoms with Crippen LogP contribution in [0.15, 0.2) is 12.4 Å². The number of rotatable bonds is 5. The Kier molecular flexibility index (Phi) is 5.04. The molecule has 0 aromatic carbocycles. The van der Waals surface area contributed by atoms with E-state index in [-0.39, 0.29) is 23.8 Å². The fourth-order valence-electron chi connectivity index (χ4n) is 4.43. The third-order valence-electron chi connectivity index (χ3n) is 6.22. The summed E-state index contributed by atoms with van der Waals surface area (Å²) in [4.78, 5) is 52.4. The molecule has 0 bridgehead atoms. The molecule has 1 saturated carbocycles. The van der Waals surface area contributed by atoms with Crippen LogP contribution in [0.25, 0.3) is 0 Å². The lowest BCUT2D eigenvalue weighted by molar-refractivity contribution is -0.135. The smallest absolute Gasteiger partial charge is 0.327 e. The highest BCUT2D eigenvalue weighted by molar-refractivity contribution is 6.07. The minimum atomic E-state index is -0.819. The highest BCUT2D eigenvalue weighted by atomic mass is 16.2. The fraction of sp³-hybridized carbons (Fsp3) is 0.667. The summed E-state index contributed by atoms with van der Waals surface area (Å²) in [5.74, 6) is 1.31. The van der Waals surface area contributed by atoms with Gasteiger partial charge in [0.1, 0.15) is 11.4 Å². The molecule has 3 heterocycles. The monoisotopic (exact) mass is 399 g/mol. The lowest BCUT2D eigenvalue weighted by Gasteiger charge is -2.42. The summed E-state index contributed by atoms with van der Waals surface area (Å²) in [6.45, 7) is 7.72. The van der Waals surface area contributed by atoms with Crippen molar-refractivity contribution in [2.24, 2.45) is 5.92 Å². The van der Waals surface area contributed by atoms with Gasteiger partial charge in [-0.3, -0.25) is 14.5 Å². The molecule has 1 aliphatic carbocycles. The van der Waals surface area contributed by atoms with E-state index in [9.17, 15) is 14.4 Å². The van der Waals surface area contributed by atoms with E-state index < -0.39 is 5.54 Å². The molecule has 1 aromatic rings. The first-order valence-electron chi connectivity index (χ1n) is 10.6. The van der Waals surface area contributed by atoms with Crippen LogP contribution in [0.5, 0.6) is 0 Å². The Bertz CT molecular complexity index is 810. The minimum absolute atomic E-state index is 0.110. The van der Waals surface area contributed by atoms with Crippen molar-refractivity contribution in [1.82, 2.24) is 24.7 Å². The van der Waals surface area contributed by atoms with E-state index in [0.29, 0.717) is 50.5 Å². The first-order valence-corrected chi connectivity index (χ1v) is 10.6. The van der Waals surface area contributed by atoms with E-state index in [0.717, 1.165) is 18.7 Å². The van der Waals surface area contributed by atoms with E-state index in [1.165, 1.54) is 4.90 Å². The van der Waals surface area contributed by atoms with Crippen LogP contribution in [0.3, 0.4) is 0 Å². The molecule has 0 unspecified atom stereocenters. The van der Waals surface area contributed by atoms with E-state index in [1.807, 2.05) is 20.8 Å². The van der Waals surface area contributed by atoms with Gasteiger partial charge in [0.2, 0.25) is 0 Å². The normalized spacial score (nSPS) is 21.6. The maximum atomic E-state index is 13.1. The van der Waals surface area contributed by atoms with Crippen molar-refractivity contribution in [2.75, 3.05) is 26.2 Å². The molecule has 2 aliphatic heterocycles. The number of aromatic nitrogens is 2. The van der Waals surface area contributed by atoms with E-state index in [2.05, 4.69) is 9.97 Å². The van der Waals surface area contributed by atoms with Crippen molar-refractivity contribution < 1.29 is 14.4 Å². The maximum Gasteiger partial charge on any atom is 0.327 e. The number of hydrogen-bond acceptors (Lipinski definition) is 5. The first kappa shape index (κ1) is 19.8. The zero-order valence-corrected chi connectivity index (χ0v) is 17.4. The number of likely N-dealkylation sites (tertiary alicyclic amines) is 1. The van der Waals surface area contributed by atoms with E-state index in [4.69, 9.17) is 0 Å². The average Bonchev–Trinajstić information content (AvgIpc) is 3.55. The molecule has 3 aliphatic rings. The van der Waals surface area contributed by atoms with Gasteiger partial charge in [0.25, 0.3) is 11.8 Å². The molecule has 1 aromatic heterocycles. The van der Waals surface area contributed by atoms with E-state index >= 15 is 0 Å². The lowest BCUT2D eigenvalue weighted by atomic mass is 9.85. The lowest BCUT2D eigenvalue weighted by Crippen LogP contribution is -2.58. The van der Waals surface area contributed by atoms with Gasteiger partial charge in [0, 0.05) is 44.5 Å². The summed E-state index contributed by atoms with van der Waals surface area (Å²) in [6.07, 6.45) is 6.40. The number of likely N-dealkylation sites (N-methyl/N-ethyl adjacent to an activating group) is 1. The zero-order chi connectivity index (χ0) is 20.8. The summed E-state index contributed by atoms with van der Waals surface area (Å²) in [5, 5.41) is 0. The summed E-state index contributed by atoms with van der Waals surface area (Å²) < 4.78 is 0. The van der Waals surface area contributed by atoms with Crippen molar-refractivity contribution in [3.63, 3.8) is 0 Å². The Morgan fingerprint density at radius 1 is 1.17 bits per heavy atom. The minimum Gasteiger partial charge on any atom is -0.338 e. The van der Waals surface area contributed by atoms with Crippen molar-refractivity contribution in [2.45, 2.75) is 57.9 Å². The van der Waals surface area contributed by atoms with Crippen molar-refractivity contribution >= 4 is 17.8 Å². The summed E-state index contributed by atoms with van der Waals surface area (Å²) >= 11 is 0. The molecule has 3 fully saturated rings. The number of piperidine rings is 1. The predicted octanol–water partition coefficient (Wildman–Crippen LogP) is 2.27. The van der Waals surface area contributed by atoms with Gasteiger partial charge in [-0.2, -0.15) is 0 Å². The predicted molar refractivity (Wildman–Crippen MR) is 106 cm³/mol. The van der Waals surface area contributed by atoms with Crippen LogP contribution in [0, 0.1) is 5.92 Å². The van der Waals surface area contributed by atoms with Gasteiger partial charge in [-0.15, -0.1) is 0 Å². The van der Waals surface area contributed by atoms with Crippen molar-refractivity contribution in [3.05, 3.63) is 23.8 Å². The number of urea groups is 1. The molecular formula is C21H29N5O3.